The highest BCUT2D eigenvalue weighted by molar-refractivity contribution is 5.85. The average Bonchev–Trinajstić information content (AvgIpc) is 2.97. The van der Waals surface area contributed by atoms with Crippen LogP contribution in [0.5, 0.6) is 0 Å². The first-order chi connectivity index (χ1) is 23.2. The van der Waals surface area contributed by atoms with Gasteiger partial charge in [0.25, 0.3) is 0 Å². The lowest BCUT2D eigenvalue weighted by Crippen LogP contribution is -2.48. The molecule has 34 heavy (non-hydrogen) atoms. The van der Waals surface area contributed by atoms with Crippen molar-refractivity contribution in [3.63, 3.8) is 0 Å². The van der Waals surface area contributed by atoms with Gasteiger partial charge in [0.2, 0.25) is 0 Å². The molecule has 3 atom stereocenters. The van der Waals surface area contributed by atoms with Gasteiger partial charge in [0.15, 0.2) is 0 Å². The SMILES string of the molecule is Cl.[2H]C([2H])([2H])N.[2H]C([2H])([2H])NC1([2H])C([2H])([2H])N(Cc2ccccc2)CCC1([2H])C([2H])([2H])[2H].[2H]C1([2H])C(=O)C([2H])(C([2H])([2H])[2H])CCN1Cc1ccccc1. The lowest BCUT2D eigenvalue weighted by Gasteiger charge is -2.37. The van der Waals surface area contributed by atoms with Crippen LogP contribution in [0.15, 0.2) is 60.7 Å². The van der Waals surface area contributed by atoms with Gasteiger partial charge in [0.05, 0.1) is 9.24 Å². The number of nitrogens with zero attached hydrogens (tertiary/aromatic N) is 2. The smallest absolute Gasteiger partial charge is 0.149 e. The van der Waals surface area contributed by atoms with Crippen molar-refractivity contribution in [2.45, 2.75) is 45.7 Å². The maximum absolute atomic E-state index is 12.3. The second-order valence-electron chi connectivity index (χ2n) is 7.32. The number of rotatable bonds is 5. The lowest BCUT2D eigenvalue weighted by molar-refractivity contribution is -0.126. The van der Waals surface area contributed by atoms with Crippen LogP contribution < -0.4 is 11.1 Å². The Bertz CT molecular complexity index is 1470. The quantitative estimate of drug-likeness (QED) is 0.634. The number of nitrogens with two attached hydrogens (primary N) is 1. The van der Waals surface area contributed by atoms with Gasteiger partial charge in [-0.3, -0.25) is 14.6 Å². The Hall–Kier alpha value is -1.76. The van der Waals surface area contributed by atoms with Crippen molar-refractivity contribution >= 4 is 18.2 Å². The molecular weight excluding hydrogens is 444 g/mol. The summed E-state index contributed by atoms with van der Waals surface area (Å²) in [6.45, 7) is -16.0. The molecule has 6 heteroatoms. The van der Waals surface area contributed by atoms with Crippen LogP contribution in [0.3, 0.4) is 0 Å². The Labute approximate surface area is 240 Å². The number of likely N-dealkylation sites (tertiary alicyclic amines) is 2. The Balaban J connectivity index is 0.000000469. The fourth-order valence-corrected chi connectivity index (χ4v) is 3.23. The molecule has 0 bridgehead atoms. The highest BCUT2D eigenvalue weighted by Crippen LogP contribution is 2.19. The lowest BCUT2D eigenvalue weighted by atomic mass is 9.93. The van der Waals surface area contributed by atoms with Crippen molar-refractivity contribution in [1.82, 2.24) is 15.1 Å². The Morgan fingerprint density at radius 2 is 1.59 bits per heavy atom. The molecule has 2 saturated heterocycles. The van der Waals surface area contributed by atoms with Crippen molar-refractivity contribution in [3.05, 3.63) is 71.8 Å². The minimum absolute atomic E-state index is 0. The molecule has 0 spiro atoms. The van der Waals surface area contributed by atoms with Gasteiger partial charge >= 0.3 is 0 Å². The monoisotopic (exact) mass is 507 g/mol. The zero-order valence-electron chi connectivity index (χ0n) is 37.8. The molecule has 2 fully saturated rings. The molecule has 2 aliphatic heterocycles. The molecule has 2 aromatic carbocycles. The summed E-state index contributed by atoms with van der Waals surface area (Å²) >= 11 is 0. The molecule has 0 saturated carbocycles. The molecule has 0 radical (unpaired) electrons. The van der Waals surface area contributed by atoms with E-state index in [1.807, 2.05) is 35.6 Å². The average molecular weight is 508 g/mol. The largest absolute Gasteiger partial charge is 0.333 e. The minimum Gasteiger partial charge on any atom is -0.333 e. The summed E-state index contributed by atoms with van der Waals surface area (Å²) in [5.74, 6) is -6.19. The van der Waals surface area contributed by atoms with Crippen LogP contribution in [0.25, 0.3) is 0 Å². The van der Waals surface area contributed by atoms with E-state index >= 15 is 0 Å². The molecule has 0 aromatic heterocycles. The molecule has 2 aromatic rings. The second-order valence-corrected chi connectivity index (χ2v) is 7.32. The number of hydrogen-bond acceptors (Lipinski definition) is 5. The van der Waals surface area contributed by atoms with E-state index in [2.05, 4.69) is 5.73 Å². The van der Waals surface area contributed by atoms with Crippen molar-refractivity contribution in [2.24, 2.45) is 17.5 Å². The van der Waals surface area contributed by atoms with Crippen molar-refractivity contribution in [2.75, 3.05) is 40.0 Å². The van der Waals surface area contributed by atoms with Gasteiger partial charge in [0.1, 0.15) is 5.78 Å². The van der Waals surface area contributed by atoms with E-state index in [-0.39, 0.29) is 51.4 Å². The molecule has 0 amide bonds. The number of hydrogen-bond donors (Lipinski definition) is 2. The predicted molar refractivity (Wildman–Crippen MR) is 146 cm³/mol. The van der Waals surface area contributed by atoms with Crippen LogP contribution in [0.4, 0.5) is 0 Å². The maximum Gasteiger partial charge on any atom is 0.149 e. The molecule has 2 heterocycles. The molecule has 0 aliphatic carbocycles. The van der Waals surface area contributed by atoms with Gasteiger partial charge in [-0.2, -0.15) is 0 Å². The number of benzene rings is 2. The number of piperidine rings is 2. The van der Waals surface area contributed by atoms with Crippen molar-refractivity contribution < 1.29 is 30.8 Å². The van der Waals surface area contributed by atoms with E-state index in [0.717, 1.165) is 11.1 Å². The molecule has 3 N–H and O–H groups in total. The summed E-state index contributed by atoms with van der Waals surface area (Å²) in [6.07, 6.45) is -0.572. The Morgan fingerprint density at radius 1 is 1.00 bits per heavy atom. The summed E-state index contributed by atoms with van der Waals surface area (Å²) in [7, 11) is 0. The van der Waals surface area contributed by atoms with Gasteiger partial charge in [-0.15, -0.1) is 12.4 Å². The van der Waals surface area contributed by atoms with Crippen molar-refractivity contribution in [1.29, 1.82) is 0 Å². The molecule has 5 nitrogen and oxygen atoms in total. The topological polar surface area (TPSA) is 61.6 Å². The van der Waals surface area contributed by atoms with Crippen LogP contribution in [0.1, 0.15) is 63.7 Å². The molecule has 2 aliphatic rings. The number of carbonyl (C=O) groups is 1. The number of carbonyl (C=O) groups excluding carboxylic acids is 1. The van der Waals surface area contributed by atoms with E-state index in [1.54, 1.807) is 30.3 Å². The normalized spacial score (nSPS) is 42.1. The van der Waals surface area contributed by atoms with Gasteiger partial charge in [-0.05, 0) is 56.9 Å². The highest BCUT2D eigenvalue weighted by atomic mass is 35.5. The number of Topliss-reactive ketones (excluding diaryl/α,β-unsaturated/α-hetero) is 1. The number of nitrogens with one attached hydrogen (secondary N) is 1. The molecular formula is C28H45ClN4O. The minimum atomic E-state index is -3.04. The van der Waals surface area contributed by atoms with Crippen LogP contribution in [0, 0.1) is 11.8 Å². The summed E-state index contributed by atoms with van der Waals surface area (Å²) in [6, 6.07) is 15.0. The maximum atomic E-state index is 12.3. The summed E-state index contributed by atoms with van der Waals surface area (Å²) in [5, 5.41) is 1.84. The predicted octanol–water partition coefficient (Wildman–Crippen LogP) is 4.21. The number of halogens is 1. The first-order valence-corrected chi connectivity index (χ1v) is 10.4. The first-order valence-electron chi connectivity index (χ1n) is 19.9. The second kappa shape index (κ2) is 16.8. The van der Waals surface area contributed by atoms with E-state index in [0.29, 0.717) is 0 Å². The van der Waals surface area contributed by atoms with Gasteiger partial charge in [-0.1, -0.05) is 74.4 Å². The Morgan fingerprint density at radius 3 is 2.15 bits per heavy atom. The first kappa shape index (κ1) is 12.0. The Kier molecular flexibility index (Phi) is 5.92. The van der Waals surface area contributed by atoms with Crippen LogP contribution in [-0.4, -0.2) is 61.6 Å². The van der Waals surface area contributed by atoms with E-state index in [9.17, 15) is 4.79 Å². The molecule has 4 rings (SSSR count). The summed E-state index contributed by atoms with van der Waals surface area (Å²) in [4.78, 5) is 14.8. The van der Waals surface area contributed by atoms with Crippen LogP contribution in [-0.2, 0) is 17.9 Å². The van der Waals surface area contributed by atoms with Crippen LogP contribution in [0.2, 0.25) is 0 Å². The highest BCUT2D eigenvalue weighted by Gasteiger charge is 2.24. The van der Waals surface area contributed by atoms with Crippen molar-refractivity contribution in [3.8, 4) is 0 Å². The van der Waals surface area contributed by atoms with E-state index in [4.69, 9.17) is 26.0 Å². The summed E-state index contributed by atoms with van der Waals surface area (Å²) < 4.78 is 143. The fraction of sp³-hybridized carbons (Fsp3) is 0.536. The third kappa shape index (κ3) is 10.2. The number of likely N-dealkylation sites (N-methyl/N-ethyl adjacent to an activating group) is 1. The van der Waals surface area contributed by atoms with Gasteiger partial charge < -0.3 is 11.1 Å². The molecule has 190 valence electrons. The molecule has 3 unspecified atom stereocenters. The zero-order valence-corrected chi connectivity index (χ0v) is 19.6. The third-order valence-corrected chi connectivity index (χ3v) is 4.93. The van der Waals surface area contributed by atoms with Gasteiger partial charge in [-0.25, -0.2) is 0 Å². The van der Waals surface area contributed by atoms with E-state index in [1.165, 1.54) is 9.80 Å². The summed E-state index contributed by atoms with van der Waals surface area (Å²) in [5.41, 5.74) is 5.92. The number of ketones is 1. The fourth-order valence-electron chi connectivity index (χ4n) is 3.23. The zero-order chi connectivity index (χ0) is 40.4. The van der Waals surface area contributed by atoms with E-state index < -0.39 is 64.2 Å². The van der Waals surface area contributed by atoms with Gasteiger partial charge in [0, 0.05) is 54.8 Å². The third-order valence-electron chi connectivity index (χ3n) is 4.93. The van der Waals surface area contributed by atoms with Crippen LogP contribution >= 0.6 is 12.4 Å². The standard InChI is InChI=1S/C14H22N2.C13H17NO.CH5N.ClH/c1-12-8-9-16(11-14(12)15-2)10-13-6-4-3-5-7-13;1-11-7-8-14(10-13(11)15)9-12-5-3-2-4-6-12;1-2;/h3-7,12,14-15H,8-11H2,1-2H3;2-6,11H,7-10H2,1H3;2H2,1H3;1H/i1D3,2D3,11D2,12D,14D;1D3,10D2,11D;1D3;.